The molecule has 0 bridgehead atoms. The molecule has 0 atom stereocenters. The number of benzene rings is 1. The highest BCUT2D eigenvalue weighted by Crippen LogP contribution is 2.27. The maximum absolute atomic E-state index is 13.9. The summed E-state index contributed by atoms with van der Waals surface area (Å²) in [6, 6.07) is 4.41. The number of rotatable bonds is 6. The molecule has 0 spiro atoms. The number of carbonyl (C=O) groups is 1. The number of halogens is 3. The summed E-state index contributed by atoms with van der Waals surface area (Å²) in [6.45, 7) is -0.720. The minimum absolute atomic E-state index is 0.152. The molecule has 2 N–H and O–H groups in total. The summed E-state index contributed by atoms with van der Waals surface area (Å²) in [5.74, 6) is -3.80. The van der Waals surface area contributed by atoms with Crippen molar-refractivity contribution in [2.24, 2.45) is 0 Å². The fraction of sp³-hybridized carbons (Fsp3) is 0.267. The first kappa shape index (κ1) is 17.7. The van der Waals surface area contributed by atoms with E-state index in [-0.39, 0.29) is 12.4 Å². The van der Waals surface area contributed by atoms with Crippen LogP contribution in [0.3, 0.4) is 0 Å². The zero-order valence-electron chi connectivity index (χ0n) is 12.7. The predicted molar refractivity (Wildman–Crippen MR) is 80.1 cm³/mol. The van der Waals surface area contributed by atoms with Gasteiger partial charge in [-0.25, -0.2) is 19.2 Å². The number of amides is 2. The van der Waals surface area contributed by atoms with Gasteiger partial charge in [-0.05, 0) is 12.1 Å². The van der Waals surface area contributed by atoms with Gasteiger partial charge in [0.2, 0.25) is 0 Å². The predicted octanol–water partition coefficient (Wildman–Crippen LogP) is 2.68. The number of hydrogen-bond donors (Lipinski definition) is 2. The van der Waals surface area contributed by atoms with E-state index in [0.29, 0.717) is 5.69 Å². The third-order valence-electron chi connectivity index (χ3n) is 3.00. The van der Waals surface area contributed by atoms with E-state index in [1.54, 1.807) is 0 Å². The van der Waals surface area contributed by atoms with E-state index in [1.165, 1.54) is 19.5 Å². The molecule has 2 rings (SSSR count). The number of methoxy groups -OCH3 is 1. The van der Waals surface area contributed by atoms with E-state index in [0.717, 1.165) is 24.3 Å². The van der Waals surface area contributed by atoms with Crippen LogP contribution in [0.4, 0.5) is 23.8 Å². The normalized spacial score (nSPS) is 11.2. The van der Waals surface area contributed by atoms with Crippen LogP contribution in [0.15, 0.2) is 36.7 Å². The Morgan fingerprint density at radius 1 is 1.25 bits per heavy atom. The summed E-state index contributed by atoms with van der Waals surface area (Å²) in [4.78, 5) is 19.4. The first-order valence-electron chi connectivity index (χ1n) is 6.89. The number of ether oxygens (including phenoxy) is 1. The molecule has 0 aliphatic carbocycles. The van der Waals surface area contributed by atoms with Crippen molar-refractivity contribution in [2.75, 3.05) is 19.0 Å². The summed E-state index contributed by atoms with van der Waals surface area (Å²) in [7, 11) is 1.49. The summed E-state index contributed by atoms with van der Waals surface area (Å²) in [5, 5.41) is 4.37. The molecule has 24 heavy (non-hydrogen) atoms. The molecule has 1 aromatic carbocycles. The van der Waals surface area contributed by atoms with Crippen molar-refractivity contribution in [3.05, 3.63) is 53.7 Å². The van der Waals surface area contributed by atoms with Crippen molar-refractivity contribution < 1.29 is 22.7 Å². The molecule has 0 fully saturated rings. The molecule has 6 nitrogen and oxygen atoms in total. The van der Waals surface area contributed by atoms with Gasteiger partial charge >= 0.3 is 6.03 Å². The summed E-state index contributed by atoms with van der Waals surface area (Å²) < 4.78 is 45.6. The fourth-order valence-corrected chi connectivity index (χ4v) is 1.84. The standard InChI is InChI=1S/C15H15F3N4O2/c1-24-7-12-6-13(21-9-20-12)22-14(23)19-8-15(17,18)10-2-4-11(16)5-3-10/h2-6,9H,7-8H2,1H3,(H2,19,20,21,22,23). The molecular weight excluding hydrogens is 325 g/mol. The van der Waals surface area contributed by atoms with E-state index in [4.69, 9.17) is 4.74 Å². The lowest BCUT2D eigenvalue weighted by Gasteiger charge is -2.17. The highest BCUT2D eigenvalue weighted by atomic mass is 19.3. The van der Waals surface area contributed by atoms with Gasteiger partial charge in [0.15, 0.2) is 0 Å². The largest absolute Gasteiger partial charge is 0.378 e. The second-order valence-electron chi connectivity index (χ2n) is 4.85. The second kappa shape index (κ2) is 7.73. The van der Waals surface area contributed by atoms with Crippen LogP contribution in [0, 0.1) is 5.82 Å². The Bertz CT molecular complexity index is 695. The highest BCUT2D eigenvalue weighted by Gasteiger charge is 2.32. The van der Waals surface area contributed by atoms with Gasteiger partial charge in [0, 0.05) is 18.7 Å². The lowest BCUT2D eigenvalue weighted by atomic mass is 10.1. The molecular formula is C15H15F3N4O2. The smallest absolute Gasteiger partial charge is 0.320 e. The molecule has 1 heterocycles. The lowest BCUT2D eigenvalue weighted by molar-refractivity contribution is -0.000141. The molecule has 1 aromatic heterocycles. The summed E-state index contributed by atoms with van der Waals surface area (Å²) >= 11 is 0. The molecule has 0 saturated heterocycles. The average molecular weight is 340 g/mol. The van der Waals surface area contributed by atoms with Crippen LogP contribution in [0.5, 0.6) is 0 Å². The van der Waals surface area contributed by atoms with Crippen LogP contribution in [0.25, 0.3) is 0 Å². The van der Waals surface area contributed by atoms with E-state index < -0.39 is 29.9 Å². The van der Waals surface area contributed by atoms with Crippen molar-refractivity contribution in [1.82, 2.24) is 15.3 Å². The fourth-order valence-electron chi connectivity index (χ4n) is 1.84. The van der Waals surface area contributed by atoms with E-state index in [9.17, 15) is 18.0 Å². The Morgan fingerprint density at radius 3 is 2.62 bits per heavy atom. The molecule has 2 amide bonds. The van der Waals surface area contributed by atoms with Gasteiger partial charge in [-0.3, -0.25) is 5.32 Å². The maximum Gasteiger partial charge on any atom is 0.320 e. The first-order chi connectivity index (χ1) is 11.4. The number of nitrogens with one attached hydrogen (secondary N) is 2. The molecule has 0 aliphatic rings. The Hall–Kier alpha value is -2.68. The molecule has 128 valence electrons. The molecule has 2 aromatic rings. The van der Waals surface area contributed by atoms with Crippen LogP contribution in [0.2, 0.25) is 0 Å². The van der Waals surface area contributed by atoms with Crippen LogP contribution in [-0.4, -0.2) is 29.7 Å². The van der Waals surface area contributed by atoms with Crippen molar-refractivity contribution in [3.8, 4) is 0 Å². The van der Waals surface area contributed by atoms with Crippen LogP contribution >= 0.6 is 0 Å². The number of anilines is 1. The number of urea groups is 1. The Labute approximate surface area is 136 Å². The van der Waals surface area contributed by atoms with Gasteiger partial charge in [0.25, 0.3) is 5.92 Å². The van der Waals surface area contributed by atoms with E-state index in [2.05, 4.69) is 20.6 Å². The first-order valence-corrected chi connectivity index (χ1v) is 6.89. The lowest BCUT2D eigenvalue weighted by Crippen LogP contribution is -2.37. The van der Waals surface area contributed by atoms with Crippen molar-refractivity contribution in [3.63, 3.8) is 0 Å². The van der Waals surface area contributed by atoms with Crippen LogP contribution in [-0.2, 0) is 17.3 Å². The van der Waals surface area contributed by atoms with Gasteiger partial charge in [-0.1, -0.05) is 12.1 Å². The number of aromatic nitrogens is 2. The monoisotopic (exact) mass is 340 g/mol. The quantitative estimate of drug-likeness (QED) is 0.848. The molecule has 0 saturated carbocycles. The van der Waals surface area contributed by atoms with Crippen molar-refractivity contribution >= 4 is 11.8 Å². The van der Waals surface area contributed by atoms with Crippen molar-refractivity contribution in [1.29, 1.82) is 0 Å². The minimum Gasteiger partial charge on any atom is -0.378 e. The maximum atomic E-state index is 13.9. The highest BCUT2D eigenvalue weighted by molar-refractivity contribution is 5.88. The van der Waals surface area contributed by atoms with Crippen LogP contribution in [0.1, 0.15) is 11.3 Å². The van der Waals surface area contributed by atoms with Crippen LogP contribution < -0.4 is 10.6 Å². The molecule has 0 unspecified atom stereocenters. The molecule has 9 heteroatoms. The topological polar surface area (TPSA) is 76.1 Å². The zero-order chi connectivity index (χ0) is 17.6. The van der Waals surface area contributed by atoms with Crippen molar-refractivity contribution in [2.45, 2.75) is 12.5 Å². The number of carbonyl (C=O) groups excluding carboxylic acids is 1. The second-order valence-corrected chi connectivity index (χ2v) is 4.85. The van der Waals surface area contributed by atoms with Gasteiger partial charge in [0.1, 0.15) is 18.0 Å². The summed E-state index contributed by atoms with van der Waals surface area (Å²) in [5.41, 5.74) is 0.132. The Morgan fingerprint density at radius 2 is 1.96 bits per heavy atom. The van der Waals surface area contributed by atoms with Gasteiger partial charge < -0.3 is 10.1 Å². The van der Waals surface area contributed by atoms with Gasteiger partial charge in [-0.15, -0.1) is 0 Å². The number of nitrogens with zero attached hydrogens (tertiary/aromatic N) is 2. The third-order valence-corrected chi connectivity index (χ3v) is 3.00. The molecule has 0 aliphatic heterocycles. The molecule has 0 radical (unpaired) electrons. The van der Waals surface area contributed by atoms with E-state index >= 15 is 0 Å². The Balaban J connectivity index is 1.92. The Kier molecular flexibility index (Phi) is 5.69. The zero-order valence-corrected chi connectivity index (χ0v) is 12.7. The number of hydrogen-bond acceptors (Lipinski definition) is 4. The number of alkyl halides is 2. The SMILES string of the molecule is COCc1cc(NC(=O)NCC(F)(F)c2ccc(F)cc2)ncn1. The summed E-state index contributed by atoms with van der Waals surface area (Å²) in [6.07, 6.45) is 1.22. The minimum atomic E-state index is -3.34. The van der Waals surface area contributed by atoms with Gasteiger partial charge in [-0.2, -0.15) is 8.78 Å². The average Bonchev–Trinajstić information content (AvgIpc) is 2.54. The van der Waals surface area contributed by atoms with Gasteiger partial charge in [0.05, 0.1) is 18.8 Å². The third kappa shape index (κ3) is 4.92. The van der Waals surface area contributed by atoms with E-state index in [1.807, 2.05) is 0 Å².